The summed E-state index contributed by atoms with van der Waals surface area (Å²) in [7, 11) is 0. The summed E-state index contributed by atoms with van der Waals surface area (Å²) < 4.78 is 12.3. The second-order valence-electron chi connectivity index (χ2n) is 5.21. The SMILES string of the molecule is C[C@H](Cn1cccn1)NC(=O)/C=C/c1cc(Cl)c2c(c1)OCO2. The number of hydrogen-bond acceptors (Lipinski definition) is 4. The average Bonchev–Trinajstić information content (AvgIpc) is 3.16. The molecule has 1 atom stereocenters. The topological polar surface area (TPSA) is 65.4 Å². The van der Waals surface area contributed by atoms with E-state index in [1.807, 2.05) is 19.2 Å². The van der Waals surface area contributed by atoms with Crippen molar-refractivity contribution in [2.75, 3.05) is 6.79 Å². The number of aromatic nitrogens is 2. The Morgan fingerprint density at radius 2 is 2.39 bits per heavy atom. The summed E-state index contributed by atoms with van der Waals surface area (Å²) in [6, 6.07) is 5.32. The van der Waals surface area contributed by atoms with Crippen molar-refractivity contribution in [2.24, 2.45) is 0 Å². The van der Waals surface area contributed by atoms with Gasteiger partial charge in [-0.15, -0.1) is 0 Å². The smallest absolute Gasteiger partial charge is 0.244 e. The molecular weight excluding hydrogens is 318 g/mol. The van der Waals surface area contributed by atoms with Crippen molar-refractivity contribution in [1.82, 2.24) is 15.1 Å². The first-order valence-electron chi connectivity index (χ1n) is 7.17. The van der Waals surface area contributed by atoms with E-state index in [-0.39, 0.29) is 18.7 Å². The van der Waals surface area contributed by atoms with Crippen LogP contribution in [0.1, 0.15) is 12.5 Å². The molecule has 1 aromatic heterocycles. The number of hydrogen-bond donors (Lipinski definition) is 1. The summed E-state index contributed by atoms with van der Waals surface area (Å²) >= 11 is 6.10. The molecule has 6 nitrogen and oxygen atoms in total. The van der Waals surface area contributed by atoms with E-state index in [0.717, 1.165) is 5.56 Å². The van der Waals surface area contributed by atoms with Gasteiger partial charge in [-0.3, -0.25) is 9.48 Å². The summed E-state index contributed by atoms with van der Waals surface area (Å²) in [5.74, 6) is 0.948. The molecule has 0 spiro atoms. The fourth-order valence-corrected chi connectivity index (χ4v) is 2.55. The summed E-state index contributed by atoms with van der Waals surface area (Å²) in [6.07, 6.45) is 6.71. The minimum absolute atomic E-state index is 0.0348. The summed E-state index contributed by atoms with van der Waals surface area (Å²) in [4.78, 5) is 12.0. The van der Waals surface area contributed by atoms with E-state index in [1.165, 1.54) is 6.08 Å². The number of carbonyl (C=O) groups is 1. The van der Waals surface area contributed by atoms with Crippen LogP contribution in [0.5, 0.6) is 11.5 Å². The highest BCUT2D eigenvalue weighted by Crippen LogP contribution is 2.39. The fourth-order valence-electron chi connectivity index (χ4n) is 2.28. The number of benzene rings is 1. The molecule has 0 aliphatic carbocycles. The van der Waals surface area contributed by atoms with E-state index in [9.17, 15) is 4.79 Å². The lowest BCUT2D eigenvalue weighted by Gasteiger charge is -2.12. The van der Waals surface area contributed by atoms with Crippen LogP contribution in [-0.4, -0.2) is 28.5 Å². The van der Waals surface area contributed by atoms with Crippen LogP contribution >= 0.6 is 11.6 Å². The van der Waals surface area contributed by atoms with Gasteiger partial charge >= 0.3 is 0 Å². The van der Waals surface area contributed by atoms with Crippen molar-refractivity contribution >= 4 is 23.6 Å². The van der Waals surface area contributed by atoms with Gasteiger partial charge in [0.2, 0.25) is 12.7 Å². The molecule has 23 heavy (non-hydrogen) atoms. The maximum Gasteiger partial charge on any atom is 0.244 e. The largest absolute Gasteiger partial charge is 0.454 e. The minimum atomic E-state index is -0.182. The van der Waals surface area contributed by atoms with E-state index >= 15 is 0 Å². The summed E-state index contributed by atoms with van der Waals surface area (Å²) in [5.41, 5.74) is 0.772. The molecule has 2 aromatic rings. The maximum atomic E-state index is 12.0. The molecule has 0 radical (unpaired) electrons. The third kappa shape index (κ3) is 3.84. The molecule has 1 amide bonds. The summed E-state index contributed by atoms with van der Waals surface area (Å²) in [6.45, 7) is 2.70. The molecule has 1 aliphatic rings. The van der Waals surface area contributed by atoms with E-state index < -0.39 is 0 Å². The molecule has 1 aliphatic heterocycles. The molecule has 7 heteroatoms. The van der Waals surface area contributed by atoms with Gasteiger partial charge in [0.05, 0.1) is 11.6 Å². The number of nitrogens with zero attached hydrogens (tertiary/aromatic N) is 2. The lowest BCUT2D eigenvalue weighted by molar-refractivity contribution is -0.117. The molecule has 120 valence electrons. The van der Waals surface area contributed by atoms with Crippen LogP contribution in [-0.2, 0) is 11.3 Å². The van der Waals surface area contributed by atoms with Crippen LogP contribution in [0.15, 0.2) is 36.7 Å². The zero-order valence-corrected chi connectivity index (χ0v) is 13.3. The normalized spacial score (nSPS) is 14.2. The molecule has 1 aromatic carbocycles. The van der Waals surface area contributed by atoms with Gasteiger partial charge in [0.15, 0.2) is 11.5 Å². The van der Waals surface area contributed by atoms with Crippen molar-refractivity contribution < 1.29 is 14.3 Å². The number of carbonyl (C=O) groups excluding carboxylic acids is 1. The number of fused-ring (bicyclic) bond motifs is 1. The van der Waals surface area contributed by atoms with Crippen LogP contribution in [0.2, 0.25) is 5.02 Å². The van der Waals surface area contributed by atoms with E-state index in [1.54, 1.807) is 29.1 Å². The minimum Gasteiger partial charge on any atom is -0.454 e. The Balaban J connectivity index is 1.59. The number of nitrogens with one attached hydrogen (secondary N) is 1. The molecule has 0 bridgehead atoms. The molecule has 0 saturated carbocycles. The fraction of sp³-hybridized carbons (Fsp3) is 0.250. The quantitative estimate of drug-likeness (QED) is 0.854. The van der Waals surface area contributed by atoms with Crippen molar-refractivity contribution in [3.8, 4) is 11.5 Å². The molecule has 0 unspecified atom stereocenters. The molecule has 1 N–H and O–H groups in total. The molecular formula is C16H16ClN3O3. The number of rotatable bonds is 5. The van der Waals surface area contributed by atoms with Crippen LogP contribution in [0, 0.1) is 0 Å². The summed E-state index contributed by atoms with van der Waals surface area (Å²) in [5, 5.41) is 7.45. The van der Waals surface area contributed by atoms with Crippen molar-refractivity contribution in [3.63, 3.8) is 0 Å². The van der Waals surface area contributed by atoms with Crippen molar-refractivity contribution in [2.45, 2.75) is 19.5 Å². The van der Waals surface area contributed by atoms with E-state index in [4.69, 9.17) is 21.1 Å². The van der Waals surface area contributed by atoms with Crippen LogP contribution in [0.3, 0.4) is 0 Å². The zero-order chi connectivity index (χ0) is 16.2. The average molecular weight is 334 g/mol. The van der Waals surface area contributed by atoms with Gasteiger partial charge in [0.1, 0.15) is 0 Å². The van der Waals surface area contributed by atoms with Gasteiger partial charge in [-0.1, -0.05) is 11.6 Å². The highest BCUT2D eigenvalue weighted by Gasteiger charge is 2.17. The van der Waals surface area contributed by atoms with E-state index in [2.05, 4.69) is 10.4 Å². The van der Waals surface area contributed by atoms with Crippen LogP contribution in [0.4, 0.5) is 0 Å². The number of halogens is 1. The van der Waals surface area contributed by atoms with Gasteiger partial charge in [-0.05, 0) is 36.8 Å². The van der Waals surface area contributed by atoms with Gasteiger partial charge in [0, 0.05) is 24.5 Å². The first-order valence-corrected chi connectivity index (χ1v) is 7.55. The first kappa shape index (κ1) is 15.4. The van der Waals surface area contributed by atoms with Gasteiger partial charge < -0.3 is 14.8 Å². The van der Waals surface area contributed by atoms with Crippen LogP contribution < -0.4 is 14.8 Å². The van der Waals surface area contributed by atoms with Crippen LogP contribution in [0.25, 0.3) is 6.08 Å². The van der Waals surface area contributed by atoms with Gasteiger partial charge in [0.25, 0.3) is 0 Å². The molecule has 0 fully saturated rings. The Morgan fingerprint density at radius 1 is 1.52 bits per heavy atom. The highest BCUT2D eigenvalue weighted by molar-refractivity contribution is 6.32. The Bertz CT molecular complexity index is 728. The van der Waals surface area contributed by atoms with Crippen molar-refractivity contribution in [3.05, 3.63) is 47.3 Å². The van der Waals surface area contributed by atoms with E-state index in [0.29, 0.717) is 23.1 Å². The Hall–Kier alpha value is -2.47. The highest BCUT2D eigenvalue weighted by atomic mass is 35.5. The second-order valence-corrected chi connectivity index (χ2v) is 5.61. The van der Waals surface area contributed by atoms with Crippen molar-refractivity contribution in [1.29, 1.82) is 0 Å². The molecule has 2 heterocycles. The third-order valence-electron chi connectivity index (χ3n) is 3.29. The predicted octanol–water partition coefficient (Wildman–Crippen LogP) is 2.48. The maximum absolute atomic E-state index is 12.0. The second kappa shape index (κ2) is 6.75. The predicted molar refractivity (Wildman–Crippen MR) is 86.4 cm³/mol. The Kier molecular flexibility index (Phi) is 4.52. The Labute approximate surface area is 138 Å². The molecule has 0 saturated heterocycles. The number of amides is 1. The lowest BCUT2D eigenvalue weighted by atomic mass is 10.2. The van der Waals surface area contributed by atoms with Gasteiger partial charge in [-0.25, -0.2) is 0 Å². The zero-order valence-electron chi connectivity index (χ0n) is 12.5. The monoisotopic (exact) mass is 333 g/mol. The third-order valence-corrected chi connectivity index (χ3v) is 3.57. The van der Waals surface area contributed by atoms with Gasteiger partial charge in [-0.2, -0.15) is 5.10 Å². The molecule has 3 rings (SSSR count). The standard InChI is InChI=1S/C16H16ClN3O3/c1-11(9-20-6-2-5-18-20)19-15(21)4-3-12-7-13(17)16-14(8-12)22-10-23-16/h2-8,11H,9-10H2,1H3,(H,19,21)/b4-3+/t11-/m1/s1. The Morgan fingerprint density at radius 3 is 3.17 bits per heavy atom. The first-order chi connectivity index (χ1) is 11.1. The lowest BCUT2D eigenvalue weighted by Crippen LogP contribution is -2.34. The number of ether oxygens (including phenoxy) is 2.